The Balaban J connectivity index is 2.22. The molecule has 4 nitrogen and oxygen atoms in total. The van der Waals surface area contributed by atoms with Crippen molar-refractivity contribution >= 4 is 27.5 Å². The van der Waals surface area contributed by atoms with Crippen LogP contribution in [0, 0.1) is 0 Å². The number of aromatic nitrogens is 1. The molecule has 0 bridgehead atoms. The van der Waals surface area contributed by atoms with E-state index >= 15 is 0 Å². The number of carbonyl (C=O) groups is 1. The largest absolute Gasteiger partial charge is 0.489 e. The summed E-state index contributed by atoms with van der Waals surface area (Å²) in [5.74, 6) is 0.417. The average molecular weight is 335 g/mol. The van der Waals surface area contributed by atoms with Gasteiger partial charge in [-0.1, -0.05) is 12.1 Å². The normalized spacial score (nSPS) is 10.4. The first-order valence-electron chi connectivity index (χ1n) is 6.25. The Morgan fingerprint density at radius 1 is 1.25 bits per heavy atom. The lowest BCUT2D eigenvalue weighted by molar-refractivity contribution is 0.102. The van der Waals surface area contributed by atoms with E-state index in [4.69, 9.17) is 4.74 Å². The van der Waals surface area contributed by atoms with E-state index in [-0.39, 0.29) is 12.0 Å². The van der Waals surface area contributed by atoms with E-state index in [2.05, 4.69) is 26.2 Å². The van der Waals surface area contributed by atoms with E-state index in [1.807, 2.05) is 32.0 Å². The van der Waals surface area contributed by atoms with Crippen molar-refractivity contribution in [3.05, 3.63) is 52.8 Å². The van der Waals surface area contributed by atoms with Crippen LogP contribution in [0.4, 0.5) is 5.69 Å². The first-order valence-corrected chi connectivity index (χ1v) is 7.05. The van der Waals surface area contributed by atoms with Crippen molar-refractivity contribution in [3.63, 3.8) is 0 Å². The summed E-state index contributed by atoms with van der Waals surface area (Å²) in [5, 5.41) is 2.84. The van der Waals surface area contributed by atoms with E-state index < -0.39 is 0 Å². The van der Waals surface area contributed by atoms with Crippen LogP contribution in [0.3, 0.4) is 0 Å². The molecule has 2 aromatic rings. The minimum atomic E-state index is -0.232. The second-order valence-electron chi connectivity index (χ2n) is 4.46. The fraction of sp³-hybridized carbons (Fsp3) is 0.200. The third-order valence-electron chi connectivity index (χ3n) is 2.50. The van der Waals surface area contributed by atoms with Gasteiger partial charge < -0.3 is 10.1 Å². The molecule has 0 atom stereocenters. The van der Waals surface area contributed by atoms with Gasteiger partial charge in [0.2, 0.25) is 0 Å². The second-order valence-corrected chi connectivity index (χ2v) is 5.21. The maximum Gasteiger partial charge on any atom is 0.258 e. The molecule has 0 fully saturated rings. The fourth-order valence-corrected chi connectivity index (χ4v) is 2.10. The average Bonchev–Trinajstić information content (AvgIpc) is 2.41. The zero-order chi connectivity index (χ0) is 14.5. The molecule has 5 heteroatoms. The number of carbonyl (C=O) groups excluding carboxylic acids is 1. The molecule has 0 radical (unpaired) electrons. The van der Waals surface area contributed by atoms with Crippen molar-refractivity contribution in [1.29, 1.82) is 0 Å². The molecule has 0 saturated heterocycles. The molecular formula is C15H15BrN2O2. The van der Waals surface area contributed by atoms with Crippen molar-refractivity contribution < 1.29 is 9.53 Å². The summed E-state index contributed by atoms with van der Waals surface area (Å²) in [7, 11) is 0. The zero-order valence-corrected chi connectivity index (χ0v) is 12.8. The molecule has 0 aliphatic heterocycles. The van der Waals surface area contributed by atoms with Crippen LogP contribution in [0.5, 0.6) is 5.75 Å². The maximum absolute atomic E-state index is 12.2. The van der Waals surface area contributed by atoms with Crippen LogP contribution >= 0.6 is 15.9 Å². The number of rotatable bonds is 4. The number of anilines is 1. The van der Waals surface area contributed by atoms with Gasteiger partial charge in [0.05, 0.1) is 17.4 Å². The number of hydrogen-bond acceptors (Lipinski definition) is 3. The molecule has 1 amide bonds. The van der Waals surface area contributed by atoms with Crippen LogP contribution in [-0.4, -0.2) is 17.0 Å². The van der Waals surface area contributed by atoms with Gasteiger partial charge in [0.1, 0.15) is 10.4 Å². The lowest BCUT2D eigenvalue weighted by Gasteiger charge is -2.14. The molecule has 0 aliphatic carbocycles. The number of ether oxygens (including phenoxy) is 1. The van der Waals surface area contributed by atoms with Gasteiger partial charge in [0, 0.05) is 6.20 Å². The second kappa shape index (κ2) is 6.52. The highest BCUT2D eigenvalue weighted by Crippen LogP contribution is 2.26. The van der Waals surface area contributed by atoms with Gasteiger partial charge in [0.15, 0.2) is 0 Å². The molecule has 1 aromatic carbocycles. The van der Waals surface area contributed by atoms with Gasteiger partial charge in [-0.3, -0.25) is 4.79 Å². The van der Waals surface area contributed by atoms with Crippen LogP contribution in [0.25, 0.3) is 0 Å². The molecule has 1 heterocycles. The molecule has 1 aromatic heterocycles. The third kappa shape index (κ3) is 3.57. The smallest absolute Gasteiger partial charge is 0.258 e. The highest BCUT2D eigenvalue weighted by molar-refractivity contribution is 9.10. The highest BCUT2D eigenvalue weighted by Gasteiger charge is 2.13. The first-order chi connectivity index (χ1) is 9.58. The fourth-order valence-electron chi connectivity index (χ4n) is 1.67. The maximum atomic E-state index is 12.2. The third-order valence-corrected chi connectivity index (χ3v) is 3.13. The monoisotopic (exact) mass is 334 g/mol. The summed E-state index contributed by atoms with van der Waals surface area (Å²) >= 11 is 3.27. The minimum absolute atomic E-state index is 0.0400. The van der Waals surface area contributed by atoms with Gasteiger partial charge in [-0.2, -0.15) is 0 Å². The van der Waals surface area contributed by atoms with Gasteiger partial charge in [-0.15, -0.1) is 0 Å². The molecule has 0 saturated carbocycles. The topological polar surface area (TPSA) is 51.2 Å². The van der Waals surface area contributed by atoms with E-state index in [0.717, 1.165) is 0 Å². The zero-order valence-electron chi connectivity index (χ0n) is 11.3. The molecule has 0 aliphatic rings. The van der Waals surface area contributed by atoms with Crippen molar-refractivity contribution in [2.75, 3.05) is 5.32 Å². The van der Waals surface area contributed by atoms with Crippen LogP contribution in [0.15, 0.2) is 47.2 Å². The molecule has 1 N–H and O–H groups in total. The Hall–Kier alpha value is -1.88. The summed E-state index contributed by atoms with van der Waals surface area (Å²) < 4.78 is 6.18. The predicted molar refractivity (Wildman–Crippen MR) is 82.1 cm³/mol. The predicted octanol–water partition coefficient (Wildman–Crippen LogP) is 3.88. The number of hydrogen-bond donors (Lipinski definition) is 1. The lowest BCUT2D eigenvalue weighted by atomic mass is 10.2. The standard InChI is InChI=1S/C15H15BrN2O2/c1-10(2)20-13-8-4-3-7-12(13)18-15(19)11-6-5-9-17-14(11)16/h3-10H,1-2H3,(H,18,19). The van der Waals surface area contributed by atoms with Crippen molar-refractivity contribution in [3.8, 4) is 5.75 Å². The van der Waals surface area contributed by atoms with E-state index in [0.29, 0.717) is 21.6 Å². The SMILES string of the molecule is CC(C)Oc1ccccc1NC(=O)c1cccnc1Br. The summed E-state index contributed by atoms with van der Waals surface area (Å²) in [6.07, 6.45) is 1.66. The number of halogens is 1. The Morgan fingerprint density at radius 3 is 2.70 bits per heavy atom. The van der Waals surface area contributed by atoms with Crippen LogP contribution in [0.1, 0.15) is 24.2 Å². The molecule has 104 valence electrons. The Labute approximate surface area is 126 Å². The van der Waals surface area contributed by atoms with Gasteiger partial charge in [0.25, 0.3) is 5.91 Å². The Bertz CT molecular complexity index is 614. The molecule has 2 rings (SSSR count). The number of nitrogens with one attached hydrogen (secondary N) is 1. The van der Waals surface area contributed by atoms with Crippen molar-refractivity contribution in [2.45, 2.75) is 20.0 Å². The van der Waals surface area contributed by atoms with E-state index in [1.165, 1.54) is 0 Å². The summed E-state index contributed by atoms with van der Waals surface area (Å²) in [6.45, 7) is 3.88. The first kappa shape index (κ1) is 14.5. The molecule has 0 unspecified atom stereocenters. The van der Waals surface area contributed by atoms with E-state index in [9.17, 15) is 4.79 Å². The van der Waals surface area contributed by atoms with E-state index in [1.54, 1.807) is 24.4 Å². The summed E-state index contributed by atoms with van der Waals surface area (Å²) in [4.78, 5) is 16.3. The number of para-hydroxylation sites is 2. The quantitative estimate of drug-likeness (QED) is 0.863. The molecule has 0 spiro atoms. The molecule has 20 heavy (non-hydrogen) atoms. The number of amides is 1. The van der Waals surface area contributed by atoms with Crippen LogP contribution < -0.4 is 10.1 Å². The van der Waals surface area contributed by atoms with Gasteiger partial charge in [-0.05, 0) is 54.0 Å². The summed E-state index contributed by atoms with van der Waals surface area (Å²) in [6, 6.07) is 10.8. The molecular weight excluding hydrogens is 320 g/mol. The van der Waals surface area contributed by atoms with Crippen LogP contribution in [0.2, 0.25) is 0 Å². The number of nitrogens with zero attached hydrogens (tertiary/aromatic N) is 1. The Morgan fingerprint density at radius 2 is 2.00 bits per heavy atom. The van der Waals surface area contributed by atoms with Crippen molar-refractivity contribution in [2.24, 2.45) is 0 Å². The number of pyridine rings is 1. The lowest BCUT2D eigenvalue weighted by Crippen LogP contribution is -2.15. The number of benzene rings is 1. The Kier molecular flexibility index (Phi) is 4.74. The van der Waals surface area contributed by atoms with Crippen molar-refractivity contribution in [1.82, 2.24) is 4.98 Å². The summed E-state index contributed by atoms with van der Waals surface area (Å²) in [5.41, 5.74) is 1.12. The van der Waals surface area contributed by atoms with Gasteiger partial charge in [-0.25, -0.2) is 4.98 Å². The van der Waals surface area contributed by atoms with Gasteiger partial charge >= 0.3 is 0 Å². The minimum Gasteiger partial charge on any atom is -0.489 e. The highest BCUT2D eigenvalue weighted by atomic mass is 79.9. The van der Waals surface area contributed by atoms with Crippen LogP contribution in [-0.2, 0) is 0 Å².